The van der Waals surface area contributed by atoms with E-state index in [1.165, 1.54) is 0 Å². The third kappa shape index (κ3) is 4.80. The van der Waals surface area contributed by atoms with E-state index in [0.29, 0.717) is 0 Å². The van der Waals surface area contributed by atoms with Gasteiger partial charge >= 0.3 is 0 Å². The maximum Gasteiger partial charge on any atom is 0.194 e. The molecule has 0 rings (SSSR count). The van der Waals surface area contributed by atoms with Gasteiger partial charge in [0.2, 0.25) is 0 Å². The van der Waals surface area contributed by atoms with Gasteiger partial charge in [-0.05, 0) is 25.2 Å². The molecule has 0 unspecified atom stereocenters. The molecule has 0 saturated heterocycles. The zero-order valence-electron chi connectivity index (χ0n) is 11.9. The standard InChI is InChI=1S/C11H28NOSi2/c1-11(2,3)15(8,9)13-10-12(4)14(5,6)7/h10H,1-9H3. The van der Waals surface area contributed by atoms with Gasteiger partial charge in [0.1, 0.15) is 15.0 Å². The normalized spacial score (nSPS) is 14.8. The second kappa shape index (κ2) is 4.69. The molecule has 4 heteroatoms. The van der Waals surface area contributed by atoms with Crippen molar-refractivity contribution < 1.29 is 4.43 Å². The third-order valence-corrected chi connectivity index (χ3v) is 9.90. The van der Waals surface area contributed by atoms with Crippen LogP contribution in [0.4, 0.5) is 0 Å². The van der Waals surface area contributed by atoms with Gasteiger partial charge in [-0.15, -0.1) is 0 Å². The van der Waals surface area contributed by atoms with Gasteiger partial charge in [-0.3, -0.25) is 0 Å². The molecule has 0 aromatic rings. The molecule has 0 aliphatic carbocycles. The Hall–Kier alpha value is 0.354. The van der Waals surface area contributed by atoms with Crippen LogP contribution in [0.1, 0.15) is 20.8 Å². The summed E-state index contributed by atoms with van der Waals surface area (Å²) in [4.78, 5) is 0. The summed E-state index contributed by atoms with van der Waals surface area (Å²) in [7, 11) is -0.742. The summed E-state index contributed by atoms with van der Waals surface area (Å²) in [6.45, 7) is 20.3. The number of hydrogen-bond acceptors (Lipinski definition) is 2. The highest BCUT2D eigenvalue weighted by molar-refractivity contribution is 6.75. The van der Waals surface area contributed by atoms with Crippen molar-refractivity contribution in [2.45, 2.75) is 58.5 Å². The highest BCUT2D eigenvalue weighted by atomic mass is 28.4. The quantitative estimate of drug-likeness (QED) is 0.698. The average molecular weight is 247 g/mol. The number of hydrogen-bond donors (Lipinski definition) is 0. The van der Waals surface area contributed by atoms with Crippen LogP contribution in [0, 0.1) is 6.73 Å². The predicted octanol–water partition coefficient (Wildman–Crippen LogP) is 3.89. The van der Waals surface area contributed by atoms with Crippen molar-refractivity contribution in [3.63, 3.8) is 0 Å². The second-order valence-electron chi connectivity index (χ2n) is 6.77. The molecule has 0 bridgehead atoms. The van der Waals surface area contributed by atoms with Crippen LogP contribution >= 0.6 is 0 Å². The summed E-state index contributed by atoms with van der Waals surface area (Å²) in [5, 5.41) is 0.282. The van der Waals surface area contributed by atoms with Gasteiger partial charge < -0.3 is 8.99 Å². The lowest BCUT2D eigenvalue weighted by molar-refractivity contribution is 0.282. The minimum absolute atomic E-state index is 0.282. The van der Waals surface area contributed by atoms with Crippen LogP contribution in [-0.4, -0.2) is 28.2 Å². The predicted molar refractivity (Wildman–Crippen MR) is 73.7 cm³/mol. The van der Waals surface area contributed by atoms with Crippen LogP contribution in [0.25, 0.3) is 0 Å². The molecule has 0 N–H and O–H groups in total. The average Bonchev–Trinajstić information content (AvgIpc) is 1.96. The first-order chi connectivity index (χ1) is 6.38. The van der Waals surface area contributed by atoms with Gasteiger partial charge in [-0.25, -0.2) is 0 Å². The van der Waals surface area contributed by atoms with Crippen molar-refractivity contribution in [2.75, 3.05) is 7.05 Å². The van der Waals surface area contributed by atoms with E-state index < -0.39 is 16.6 Å². The molecule has 0 amide bonds. The lowest BCUT2D eigenvalue weighted by Gasteiger charge is -2.39. The van der Waals surface area contributed by atoms with Crippen LogP contribution in [0.2, 0.25) is 37.8 Å². The Balaban J connectivity index is 4.29. The molecule has 0 atom stereocenters. The van der Waals surface area contributed by atoms with Crippen LogP contribution < -0.4 is 0 Å². The van der Waals surface area contributed by atoms with Crippen molar-refractivity contribution in [2.24, 2.45) is 0 Å². The molecule has 0 aliphatic heterocycles. The van der Waals surface area contributed by atoms with E-state index in [4.69, 9.17) is 4.43 Å². The summed E-state index contributed by atoms with van der Waals surface area (Å²) in [5.74, 6) is 0. The van der Waals surface area contributed by atoms with E-state index in [0.717, 1.165) is 0 Å². The van der Waals surface area contributed by atoms with E-state index in [1.54, 1.807) is 0 Å². The molecule has 0 heterocycles. The first-order valence-corrected chi connectivity index (χ1v) is 12.0. The fourth-order valence-corrected chi connectivity index (χ4v) is 1.80. The van der Waals surface area contributed by atoms with E-state index in [-0.39, 0.29) is 5.04 Å². The monoisotopic (exact) mass is 246 g/mol. The molecule has 0 aliphatic rings. The van der Waals surface area contributed by atoms with Crippen LogP contribution in [0.5, 0.6) is 0 Å². The second-order valence-corrected chi connectivity index (χ2v) is 16.6. The zero-order chi connectivity index (χ0) is 12.5. The Morgan fingerprint density at radius 3 is 1.67 bits per heavy atom. The van der Waals surface area contributed by atoms with Gasteiger partial charge in [0.05, 0.1) is 0 Å². The Morgan fingerprint density at radius 1 is 1.00 bits per heavy atom. The SMILES string of the molecule is CN([CH]O[Si](C)(C)C(C)(C)C)[Si](C)(C)C. The third-order valence-electron chi connectivity index (χ3n) is 3.37. The van der Waals surface area contributed by atoms with Gasteiger partial charge in [-0.2, -0.15) is 0 Å². The van der Waals surface area contributed by atoms with Crippen molar-refractivity contribution in [3.8, 4) is 0 Å². The van der Waals surface area contributed by atoms with Crippen LogP contribution in [-0.2, 0) is 4.43 Å². The molecular weight excluding hydrogens is 218 g/mol. The minimum Gasteiger partial charge on any atom is -0.398 e. The van der Waals surface area contributed by atoms with E-state index >= 15 is 0 Å². The molecule has 2 nitrogen and oxygen atoms in total. The van der Waals surface area contributed by atoms with Gasteiger partial charge in [0, 0.05) is 0 Å². The van der Waals surface area contributed by atoms with E-state index in [2.05, 4.69) is 65.1 Å². The topological polar surface area (TPSA) is 12.5 Å². The largest absolute Gasteiger partial charge is 0.398 e. The molecule has 0 saturated carbocycles. The highest BCUT2D eigenvalue weighted by Gasteiger charge is 2.38. The smallest absolute Gasteiger partial charge is 0.194 e. The minimum atomic E-state index is -1.62. The molecule has 0 aromatic carbocycles. The number of nitrogens with zero attached hydrogens (tertiary/aromatic N) is 1. The van der Waals surface area contributed by atoms with Gasteiger partial charge in [0.25, 0.3) is 0 Å². The molecule has 0 aromatic heterocycles. The molecular formula is C11H28NOSi2. The van der Waals surface area contributed by atoms with E-state index in [9.17, 15) is 0 Å². The maximum absolute atomic E-state index is 6.06. The Labute approximate surface area is 98.2 Å². The summed E-state index contributed by atoms with van der Waals surface area (Å²) in [5.41, 5.74) is 0. The molecule has 91 valence electrons. The number of rotatable bonds is 4. The summed E-state index contributed by atoms with van der Waals surface area (Å²) < 4.78 is 8.33. The molecule has 0 fully saturated rings. The lowest BCUT2D eigenvalue weighted by Crippen LogP contribution is -2.47. The fourth-order valence-electron chi connectivity index (χ4n) is 0.546. The van der Waals surface area contributed by atoms with Crippen molar-refractivity contribution in [1.29, 1.82) is 0 Å². The van der Waals surface area contributed by atoms with Crippen molar-refractivity contribution >= 4 is 16.6 Å². The van der Waals surface area contributed by atoms with Gasteiger partial charge in [0.15, 0.2) is 8.32 Å². The summed E-state index contributed by atoms with van der Waals surface area (Å²) in [6.07, 6.45) is 0. The summed E-state index contributed by atoms with van der Waals surface area (Å²) >= 11 is 0. The van der Waals surface area contributed by atoms with Crippen molar-refractivity contribution in [3.05, 3.63) is 6.73 Å². The van der Waals surface area contributed by atoms with Gasteiger partial charge in [-0.1, -0.05) is 40.4 Å². The Kier molecular flexibility index (Phi) is 4.80. The molecule has 0 spiro atoms. The fraction of sp³-hybridized carbons (Fsp3) is 0.909. The Bertz CT molecular complexity index is 204. The zero-order valence-corrected chi connectivity index (χ0v) is 13.9. The molecule has 1 radical (unpaired) electrons. The van der Waals surface area contributed by atoms with Crippen LogP contribution in [0.3, 0.4) is 0 Å². The van der Waals surface area contributed by atoms with Crippen molar-refractivity contribution in [1.82, 2.24) is 4.57 Å². The Morgan fingerprint density at radius 2 is 1.40 bits per heavy atom. The first kappa shape index (κ1) is 15.4. The molecule has 15 heavy (non-hydrogen) atoms. The van der Waals surface area contributed by atoms with E-state index in [1.807, 2.05) is 6.73 Å². The maximum atomic E-state index is 6.06. The highest BCUT2D eigenvalue weighted by Crippen LogP contribution is 2.37. The van der Waals surface area contributed by atoms with Crippen LogP contribution in [0.15, 0.2) is 0 Å². The summed E-state index contributed by atoms with van der Waals surface area (Å²) in [6, 6.07) is 0. The lowest BCUT2D eigenvalue weighted by atomic mass is 10.2. The first-order valence-electron chi connectivity index (χ1n) is 5.62.